The molecule has 2 rings (SSSR count). The number of nitrogens with two attached hydrogens (primary N) is 1. The van der Waals surface area contributed by atoms with Crippen LogP contribution in [0.2, 0.25) is 0 Å². The van der Waals surface area contributed by atoms with Crippen LogP contribution in [0.1, 0.15) is 24.8 Å². The molecule has 0 aromatic heterocycles. The largest absolute Gasteiger partial charge is 0.326 e. The monoisotopic (exact) mass is 290 g/mol. The van der Waals surface area contributed by atoms with Crippen molar-refractivity contribution in [3.8, 4) is 0 Å². The lowest BCUT2D eigenvalue weighted by Crippen LogP contribution is -2.41. The Hall–Kier alpha value is -1.05. The van der Waals surface area contributed by atoms with Crippen LogP contribution >= 0.6 is 0 Å². The summed E-state index contributed by atoms with van der Waals surface area (Å²) in [6.07, 6.45) is 2.50. The number of rotatable bonds is 4. The van der Waals surface area contributed by atoms with Gasteiger partial charge in [-0.05, 0) is 25.0 Å². The highest BCUT2D eigenvalue weighted by atomic mass is 32.2. The predicted molar refractivity (Wildman–Crippen MR) is 66.8 cm³/mol. The van der Waals surface area contributed by atoms with E-state index < -0.39 is 32.1 Å². The average molecular weight is 290 g/mol. The second-order valence-electron chi connectivity index (χ2n) is 4.65. The van der Waals surface area contributed by atoms with Crippen LogP contribution in [0.3, 0.4) is 0 Å². The standard InChI is InChI=1S/C12H16F2N2O2S/c1-16(8-3-2-4-8)19(17,18)11-6-5-10(13)9(7-15)12(11)14/h5-6,8H,2-4,7,15H2,1H3. The third-order valence-electron chi connectivity index (χ3n) is 3.60. The maximum atomic E-state index is 14.0. The molecule has 0 atom stereocenters. The highest BCUT2D eigenvalue weighted by molar-refractivity contribution is 7.89. The number of halogens is 2. The van der Waals surface area contributed by atoms with Crippen molar-refractivity contribution in [3.63, 3.8) is 0 Å². The van der Waals surface area contributed by atoms with Crippen LogP contribution < -0.4 is 5.73 Å². The summed E-state index contributed by atoms with van der Waals surface area (Å²) in [7, 11) is -2.52. The van der Waals surface area contributed by atoms with E-state index in [1.165, 1.54) is 7.05 Å². The van der Waals surface area contributed by atoms with Gasteiger partial charge < -0.3 is 5.73 Å². The number of sulfonamides is 1. The molecule has 0 aliphatic heterocycles. The molecule has 0 amide bonds. The minimum absolute atomic E-state index is 0.101. The third-order valence-corrected chi connectivity index (χ3v) is 5.53. The van der Waals surface area contributed by atoms with Gasteiger partial charge in [0.2, 0.25) is 10.0 Å². The predicted octanol–water partition coefficient (Wildman–Crippen LogP) is 1.60. The van der Waals surface area contributed by atoms with Gasteiger partial charge in [-0.25, -0.2) is 17.2 Å². The van der Waals surface area contributed by atoms with Crippen molar-refractivity contribution in [3.05, 3.63) is 29.3 Å². The van der Waals surface area contributed by atoms with E-state index in [-0.39, 0.29) is 12.6 Å². The smallest absolute Gasteiger partial charge is 0.245 e. The zero-order chi connectivity index (χ0) is 14.2. The molecule has 0 saturated heterocycles. The summed E-state index contributed by atoms with van der Waals surface area (Å²) in [4.78, 5) is -0.510. The minimum atomic E-state index is -3.94. The summed E-state index contributed by atoms with van der Waals surface area (Å²) in [6, 6.07) is 1.79. The number of benzene rings is 1. The Morgan fingerprint density at radius 3 is 2.47 bits per heavy atom. The molecule has 1 aliphatic rings. The van der Waals surface area contributed by atoms with Gasteiger partial charge in [-0.3, -0.25) is 0 Å². The summed E-state index contributed by atoms with van der Waals surface area (Å²) in [5.74, 6) is -1.92. The number of hydrogen-bond donors (Lipinski definition) is 1. The van der Waals surface area contributed by atoms with E-state index in [0.717, 1.165) is 35.7 Å². The van der Waals surface area contributed by atoms with Gasteiger partial charge in [-0.15, -0.1) is 0 Å². The van der Waals surface area contributed by atoms with Crippen LogP contribution in [-0.2, 0) is 16.6 Å². The van der Waals surface area contributed by atoms with Crippen molar-refractivity contribution in [2.24, 2.45) is 5.73 Å². The second kappa shape index (κ2) is 5.15. The molecule has 0 unspecified atom stereocenters. The normalized spacial score (nSPS) is 16.7. The first-order valence-corrected chi connectivity index (χ1v) is 7.48. The maximum absolute atomic E-state index is 14.0. The molecular weight excluding hydrogens is 274 g/mol. The topological polar surface area (TPSA) is 63.4 Å². The summed E-state index contributed by atoms with van der Waals surface area (Å²) in [6.45, 7) is -0.381. The van der Waals surface area contributed by atoms with E-state index in [9.17, 15) is 17.2 Å². The first-order chi connectivity index (χ1) is 8.89. The summed E-state index contributed by atoms with van der Waals surface area (Å²) in [5.41, 5.74) is 4.85. The summed E-state index contributed by atoms with van der Waals surface area (Å²) < 4.78 is 53.1. The molecule has 19 heavy (non-hydrogen) atoms. The molecule has 2 N–H and O–H groups in total. The van der Waals surface area contributed by atoms with Crippen LogP contribution in [0.15, 0.2) is 17.0 Å². The quantitative estimate of drug-likeness (QED) is 0.916. The van der Waals surface area contributed by atoms with E-state index in [4.69, 9.17) is 5.73 Å². The Balaban J connectivity index is 2.46. The molecular formula is C12H16F2N2O2S. The minimum Gasteiger partial charge on any atom is -0.326 e. The zero-order valence-electron chi connectivity index (χ0n) is 10.6. The van der Waals surface area contributed by atoms with Gasteiger partial charge in [0, 0.05) is 25.2 Å². The van der Waals surface area contributed by atoms with E-state index in [1.807, 2.05) is 0 Å². The first-order valence-electron chi connectivity index (χ1n) is 6.04. The highest BCUT2D eigenvalue weighted by Crippen LogP contribution is 2.30. The molecule has 4 nitrogen and oxygen atoms in total. The molecule has 1 saturated carbocycles. The Bertz CT molecular complexity index is 586. The van der Waals surface area contributed by atoms with Gasteiger partial charge in [0.25, 0.3) is 0 Å². The molecule has 1 aromatic rings. The van der Waals surface area contributed by atoms with Gasteiger partial charge in [0.1, 0.15) is 10.7 Å². The van der Waals surface area contributed by atoms with Crippen LogP contribution in [0.4, 0.5) is 8.78 Å². The Labute approximate surface area is 111 Å². The molecule has 0 heterocycles. The fourth-order valence-corrected chi connectivity index (χ4v) is 3.57. The Morgan fingerprint density at radius 1 is 1.37 bits per heavy atom. The van der Waals surface area contributed by atoms with Crippen molar-refractivity contribution in [1.29, 1.82) is 0 Å². The van der Waals surface area contributed by atoms with Crippen LogP contribution in [0, 0.1) is 11.6 Å². The lowest BCUT2D eigenvalue weighted by Gasteiger charge is -2.33. The van der Waals surface area contributed by atoms with Gasteiger partial charge >= 0.3 is 0 Å². The molecule has 1 aliphatic carbocycles. The maximum Gasteiger partial charge on any atom is 0.245 e. The van der Waals surface area contributed by atoms with Crippen molar-refractivity contribution >= 4 is 10.0 Å². The molecule has 0 spiro atoms. The fraction of sp³-hybridized carbons (Fsp3) is 0.500. The SMILES string of the molecule is CN(C1CCC1)S(=O)(=O)c1ccc(F)c(CN)c1F. The summed E-state index contributed by atoms with van der Waals surface area (Å²) in [5, 5.41) is 0. The van der Waals surface area contributed by atoms with E-state index >= 15 is 0 Å². The first kappa shape index (κ1) is 14.4. The van der Waals surface area contributed by atoms with Crippen molar-refractivity contribution in [2.75, 3.05) is 7.05 Å². The van der Waals surface area contributed by atoms with Crippen LogP contribution in [0.25, 0.3) is 0 Å². The van der Waals surface area contributed by atoms with Gasteiger partial charge in [-0.2, -0.15) is 4.31 Å². The van der Waals surface area contributed by atoms with Crippen LogP contribution in [-0.4, -0.2) is 25.8 Å². The Kier molecular flexibility index (Phi) is 3.89. The molecule has 0 radical (unpaired) electrons. The van der Waals surface area contributed by atoms with Gasteiger partial charge in [0.15, 0.2) is 5.82 Å². The zero-order valence-corrected chi connectivity index (χ0v) is 11.4. The lowest BCUT2D eigenvalue weighted by molar-refractivity contribution is 0.249. The molecule has 106 valence electrons. The van der Waals surface area contributed by atoms with E-state index in [1.54, 1.807) is 0 Å². The highest BCUT2D eigenvalue weighted by Gasteiger charge is 2.34. The van der Waals surface area contributed by atoms with Gasteiger partial charge in [-0.1, -0.05) is 6.42 Å². The number of nitrogens with zero attached hydrogens (tertiary/aromatic N) is 1. The fourth-order valence-electron chi connectivity index (χ4n) is 2.06. The van der Waals surface area contributed by atoms with Crippen LogP contribution in [0.5, 0.6) is 0 Å². The lowest BCUT2D eigenvalue weighted by atomic mass is 9.94. The van der Waals surface area contributed by atoms with Crippen molar-refractivity contribution < 1.29 is 17.2 Å². The molecule has 0 bridgehead atoms. The molecule has 1 fully saturated rings. The van der Waals surface area contributed by atoms with Crippen molar-refractivity contribution in [1.82, 2.24) is 4.31 Å². The average Bonchev–Trinajstić information content (AvgIpc) is 2.26. The summed E-state index contributed by atoms with van der Waals surface area (Å²) >= 11 is 0. The van der Waals surface area contributed by atoms with E-state index in [2.05, 4.69) is 0 Å². The number of hydrogen-bond acceptors (Lipinski definition) is 3. The third kappa shape index (κ3) is 2.37. The second-order valence-corrected chi connectivity index (χ2v) is 6.61. The van der Waals surface area contributed by atoms with E-state index in [0.29, 0.717) is 0 Å². The Morgan fingerprint density at radius 2 is 2.00 bits per heavy atom. The molecule has 7 heteroatoms. The van der Waals surface area contributed by atoms with Crippen molar-refractivity contribution in [2.45, 2.75) is 36.7 Å². The molecule has 1 aromatic carbocycles. The van der Waals surface area contributed by atoms with Gasteiger partial charge in [0.05, 0.1) is 0 Å².